The molecule has 0 N–H and O–H groups in total. The lowest BCUT2D eigenvalue weighted by Crippen LogP contribution is -2.09. The fourth-order valence-electron chi connectivity index (χ4n) is 0.303. The van der Waals surface area contributed by atoms with Gasteiger partial charge in [0, 0.05) is 0 Å². The van der Waals surface area contributed by atoms with E-state index in [0.717, 1.165) is 0 Å². The topological polar surface area (TPSA) is 52.6 Å². The van der Waals surface area contributed by atoms with Crippen LogP contribution in [-0.4, -0.2) is 30.5 Å². The summed E-state index contributed by atoms with van der Waals surface area (Å²) in [6.07, 6.45) is 0. The monoisotopic (exact) mass is 200 g/mol. The molecule has 0 heterocycles. The van der Waals surface area contributed by atoms with E-state index in [2.05, 4.69) is 9.47 Å². The molecular formula is C5H6Cl2O4. The zero-order valence-electron chi connectivity index (χ0n) is 5.51. The van der Waals surface area contributed by atoms with E-state index in [4.69, 9.17) is 23.2 Å². The van der Waals surface area contributed by atoms with E-state index in [0.29, 0.717) is 0 Å². The average molecular weight is 201 g/mol. The van der Waals surface area contributed by atoms with Crippen molar-refractivity contribution in [2.75, 3.05) is 20.0 Å². The Morgan fingerprint density at radius 3 is 1.64 bits per heavy atom. The van der Waals surface area contributed by atoms with E-state index < -0.39 is 10.5 Å². The minimum atomic E-state index is -0.620. The summed E-state index contributed by atoms with van der Waals surface area (Å²) in [5.74, 6) is 0. The van der Waals surface area contributed by atoms with Crippen molar-refractivity contribution in [3.05, 3.63) is 0 Å². The van der Waals surface area contributed by atoms with E-state index >= 15 is 0 Å². The van der Waals surface area contributed by atoms with Gasteiger partial charge in [-0.05, 0) is 23.2 Å². The van der Waals surface area contributed by atoms with Crippen LogP contribution in [0.1, 0.15) is 0 Å². The first-order chi connectivity index (χ1) is 5.13. The highest BCUT2D eigenvalue weighted by atomic mass is 35.5. The molecule has 0 aromatic heterocycles. The van der Waals surface area contributed by atoms with Gasteiger partial charge in [-0.25, -0.2) is 0 Å². The van der Waals surface area contributed by atoms with E-state index in [-0.39, 0.29) is 20.0 Å². The van der Waals surface area contributed by atoms with Crippen molar-refractivity contribution in [3.8, 4) is 0 Å². The maximum atomic E-state index is 10.0. The molecule has 0 aliphatic carbocycles. The zero-order chi connectivity index (χ0) is 8.69. The van der Waals surface area contributed by atoms with Crippen LogP contribution in [0.2, 0.25) is 0 Å². The van der Waals surface area contributed by atoms with E-state index in [1.165, 1.54) is 0 Å². The van der Waals surface area contributed by atoms with E-state index in [9.17, 15) is 9.59 Å². The molecule has 0 aliphatic rings. The lowest BCUT2D eigenvalue weighted by molar-refractivity contribution is -0.127. The summed E-state index contributed by atoms with van der Waals surface area (Å²) in [7, 11) is 0. The van der Waals surface area contributed by atoms with Gasteiger partial charge in [0.05, 0.1) is 0 Å². The Balaban J connectivity index is 3.03. The van der Waals surface area contributed by atoms with Gasteiger partial charge in [-0.3, -0.25) is 9.59 Å². The molecule has 0 radical (unpaired) electrons. The first-order valence-electron chi connectivity index (χ1n) is 2.65. The summed E-state index contributed by atoms with van der Waals surface area (Å²) in [6, 6.07) is 0. The lowest BCUT2D eigenvalue weighted by Gasteiger charge is -1.99. The molecule has 0 spiro atoms. The first kappa shape index (κ1) is 10.8. The third-order valence-corrected chi connectivity index (χ3v) is 0.816. The molecule has 11 heavy (non-hydrogen) atoms. The summed E-state index contributed by atoms with van der Waals surface area (Å²) < 4.78 is 9.06. The number of carbonyl (C=O) groups is 2. The molecule has 6 heteroatoms. The minimum absolute atomic E-state index is 0.170. The normalized spacial score (nSPS) is 9.64. The van der Waals surface area contributed by atoms with Crippen LogP contribution in [0.25, 0.3) is 0 Å². The van der Waals surface area contributed by atoms with Gasteiger partial charge in [-0.15, -0.1) is 0 Å². The van der Waals surface area contributed by atoms with Crippen molar-refractivity contribution in [2.24, 2.45) is 0 Å². The second kappa shape index (κ2) is 6.54. The Morgan fingerprint density at radius 2 is 1.36 bits per heavy atom. The van der Waals surface area contributed by atoms with Gasteiger partial charge in [-0.1, -0.05) is 0 Å². The fourth-order valence-corrected chi connectivity index (χ4v) is 0.457. The van der Waals surface area contributed by atoms with E-state index in [1.54, 1.807) is 0 Å². The predicted molar refractivity (Wildman–Crippen MR) is 38.5 cm³/mol. The maximum Gasteiger partial charge on any atom is 0.247 e. The highest BCUT2D eigenvalue weighted by molar-refractivity contribution is 6.64. The van der Waals surface area contributed by atoms with Crippen molar-refractivity contribution >= 4 is 33.7 Å². The van der Waals surface area contributed by atoms with Crippen LogP contribution >= 0.6 is 23.2 Å². The summed E-state index contributed by atoms with van der Waals surface area (Å²) in [5.41, 5.74) is 0. The number of hydrogen-bond donors (Lipinski definition) is 0. The molecule has 0 fully saturated rings. The van der Waals surface area contributed by atoms with Crippen LogP contribution in [0, 0.1) is 0 Å². The van der Waals surface area contributed by atoms with Crippen LogP contribution in [0.15, 0.2) is 0 Å². The van der Waals surface area contributed by atoms with Crippen LogP contribution in [0.4, 0.5) is 0 Å². The third kappa shape index (κ3) is 9.84. The van der Waals surface area contributed by atoms with Crippen molar-refractivity contribution in [3.63, 3.8) is 0 Å². The van der Waals surface area contributed by atoms with Gasteiger partial charge in [-0.2, -0.15) is 0 Å². The molecule has 4 nitrogen and oxygen atoms in total. The maximum absolute atomic E-state index is 10.0. The van der Waals surface area contributed by atoms with Crippen molar-refractivity contribution in [1.82, 2.24) is 0 Å². The Hall–Kier alpha value is -0.160. The Labute approximate surface area is 73.4 Å². The summed E-state index contributed by atoms with van der Waals surface area (Å²) in [5, 5.41) is -1.24. The Kier molecular flexibility index (Phi) is 6.45. The standard InChI is InChI=1S/C5H6Cl2O4/c6-4(8)1-10-3-11-2-5(7)9/h1-3H2. The van der Waals surface area contributed by atoms with Crippen LogP contribution in [-0.2, 0) is 19.1 Å². The second-order valence-electron chi connectivity index (χ2n) is 1.53. The van der Waals surface area contributed by atoms with Crippen molar-refractivity contribution in [1.29, 1.82) is 0 Å². The average Bonchev–Trinajstić information content (AvgIpc) is 1.85. The van der Waals surface area contributed by atoms with Crippen LogP contribution in [0.3, 0.4) is 0 Å². The molecule has 0 amide bonds. The molecule has 0 aromatic rings. The van der Waals surface area contributed by atoms with Gasteiger partial charge >= 0.3 is 0 Å². The molecule has 0 saturated carbocycles. The van der Waals surface area contributed by atoms with Crippen molar-refractivity contribution < 1.29 is 19.1 Å². The minimum Gasteiger partial charge on any atom is -0.346 e. The molecule has 0 rings (SSSR count). The molecule has 0 saturated heterocycles. The quantitative estimate of drug-likeness (QED) is 0.357. The number of carbonyl (C=O) groups excluding carboxylic acids is 2. The van der Waals surface area contributed by atoms with Crippen molar-refractivity contribution in [2.45, 2.75) is 0 Å². The summed E-state index contributed by atoms with van der Waals surface area (Å²) >= 11 is 9.81. The Morgan fingerprint density at radius 1 is 1.00 bits per heavy atom. The van der Waals surface area contributed by atoms with Gasteiger partial charge in [0.25, 0.3) is 0 Å². The number of rotatable bonds is 6. The van der Waals surface area contributed by atoms with Crippen LogP contribution in [0.5, 0.6) is 0 Å². The molecule has 0 aliphatic heterocycles. The number of halogens is 2. The second-order valence-corrected chi connectivity index (χ2v) is 2.37. The molecule has 0 aromatic carbocycles. The van der Waals surface area contributed by atoms with E-state index in [1.807, 2.05) is 0 Å². The third-order valence-electron chi connectivity index (χ3n) is 0.598. The fraction of sp³-hybridized carbons (Fsp3) is 0.600. The molecule has 0 bridgehead atoms. The predicted octanol–water partition coefficient (Wildman–Crippen LogP) is 0.508. The van der Waals surface area contributed by atoms with Crippen LogP contribution < -0.4 is 0 Å². The van der Waals surface area contributed by atoms with Gasteiger partial charge in [0.1, 0.15) is 20.0 Å². The van der Waals surface area contributed by atoms with Gasteiger partial charge < -0.3 is 9.47 Å². The first-order valence-corrected chi connectivity index (χ1v) is 3.40. The lowest BCUT2D eigenvalue weighted by atomic mass is 10.8. The van der Waals surface area contributed by atoms with Gasteiger partial charge in [0.2, 0.25) is 10.5 Å². The largest absolute Gasteiger partial charge is 0.346 e. The summed E-state index contributed by atoms with van der Waals surface area (Å²) in [6.45, 7) is -0.646. The highest BCUT2D eigenvalue weighted by Crippen LogP contribution is 1.85. The Bertz CT molecular complexity index is 131. The molecular weight excluding hydrogens is 195 g/mol. The highest BCUT2D eigenvalue weighted by Gasteiger charge is 1.97. The zero-order valence-corrected chi connectivity index (χ0v) is 7.02. The number of hydrogen-bond acceptors (Lipinski definition) is 4. The number of ether oxygens (including phenoxy) is 2. The van der Waals surface area contributed by atoms with Gasteiger partial charge in [0.15, 0.2) is 0 Å². The molecule has 64 valence electrons. The SMILES string of the molecule is O=C(Cl)COCOCC(=O)Cl. The summed E-state index contributed by atoms with van der Waals surface area (Å²) in [4.78, 5) is 20.1. The smallest absolute Gasteiger partial charge is 0.247 e. The molecule has 0 unspecified atom stereocenters. The molecule has 0 atom stereocenters.